The Bertz CT molecular complexity index is 526. The first-order valence-corrected chi connectivity index (χ1v) is 6.13. The second kappa shape index (κ2) is 5.23. The summed E-state index contributed by atoms with van der Waals surface area (Å²) in [6, 6.07) is 7.62. The number of halogens is 1. The van der Waals surface area contributed by atoms with Gasteiger partial charge in [-0.2, -0.15) is 4.98 Å². The molecular formula is C13H15ClN4. The minimum absolute atomic E-state index is 0.286. The van der Waals surface area contributed by atoms with E-state index in [0.29, 0.717) is 5.02 Å². The number of rotatable bonds is 3. The highest BCUT2D eigenvalue weighted by molar-refractivity contribution is 6.30. The number of aromatic nitrogens is 2. The highest BCUT2D eigenvalue weighted by Crippen LogP contribution is 2.30. The van der Waals surface area contributed by atoms with E-state index < -0.39 is 0 Å². The number of nitrogens with one attached hydrogen (secondary N) is 1. The molecule has 3 N–H and O–H groups in total. The normalized spacial score (nSPS) is 10.4. The quantitative estimate of drug-likeness (QED) is 0.893. The van der Waals surface area contributed by atoms with E-state index in [0.717, 1.165) is 29.1 Å². The molecular weight excluding hydrogens is 248 g/mol. The molecule has 0 aliphatic rings. The molecule has 1 aromatic heterocycles. The minimum atomic E-state index is 0.286. The molecule has 5 heteroatoms. The average molecular weight is 263 g/mol. The fourth-order valence-corrected chi connectivity index (χ4v) is 2.01. The fraction of sp³-hybridized carbons (Fsp3) is 0.231. The molecule has 0 saturated carbocycles. The van der Waals surface area contributed by atoms with E-state index in [1.54, 1.807) is 0 Å². The van der Waals surface area contributed by atoms with Crippen molar-refractivity contribution in [2.75, 3.05) is 18.1 Å². The SMILES string of the molecule is CCc1nc(N)nc(NC)c1-c1ccc(Cl)cc1. The van der Waals surface area contributed by atoms with E-state index in [1.165, 1.54) is 0 Å². The number of nitrogens with zero attached hydrogens (tertiary/aromatic N) is 2. The van der Waals surface area contributed by atoms with Gasteiger partial charge in [-0.05, 0) is 24.1 Å². The van der Waals surface area contributed by atoms with Gasteiger partial charge in [0.1, 0.15) is 5.82 Å². The minimum Gasteiger partial charge on any atom is -0.372 e. The maximum atomic E-state index is 5.90. The fourth-order valence-electron chi connectivity index (χ4n) is 1.88. The van der Waals surface area contributed by atoms with Gasteiger partial charge in [0, 0.05) is 17.6 Å². The van der Waals surface area contributed by atoms with Crippen molar-refractivity contribution in [1.82, 2.24) is 9.97 Å². The number of hydrogen-bond acceptors (Lipinski definition) is 4. The highest BCUT2D eigenvalue weighted by Gasteiger charge is 2.13. The topological polar surface area (TPSA) is 63.8 Å². The predicted octanol–water partition coefficient (Wildman–Crippen LogP) is 2.98. The van der Waals surface area contributed by atoms with Crippen LogP contribution in [0.3, 0.4) is 0 Å². The van der Waals surface area contributed by atoms with Crippen LogP contribution in [-0.2, 0) is 6.42 Å². The van der Waals surface area contributed by atoms with Crippen molar-refractivity contribution in [3.8, 4) is 11.1 Å². The molecule has 1 heterocycles. The Morgan fingerprint density at radius 3 is 2.44 bits per heavy atom. The highest BCUT2D eigenvalue weighted by atomic mass is 35.5. The van der Waals surface area contributed by atoms with Gasteiger partial charge in [-0.3, -0.25) is 0 Å². The smallest absolute Gasteiger partial charge is 0.222 e. The average Bonchev–Trinajstić information content (AvgIpc) is 2.39. The van der Waals surface area contributed by atoms with E-state index in [-0.39, 0.29) is 5.95 Å². The van der Waals surface area contributed by atoms with Gasteiger partial charge in [0.05, 0.1) is 5.69 Å². The molecule has 4 nitrogen and oxygen atoms in total. The third-order valence-corrected chi connectivity index (χ3v) is 2.96. The summed E-state index contributed by atoms with van der Waals surface area (Å²) >= 11 is 5.90. The Hall–Kier alpha value is -1.81. The Balaban J connectivity index is 2.64. The first-order chi connectivity index (χ1) is 8.65. The standard InChI is InChI=1S/C13H15ClN4/c1-3-10-11(8-4-6-9(14)7-5-8)12(16-2)18-13(15)17-10/h4-7H,3H2,1-2H3,(H3,15,16,17,18). The van der Waals surface area contributed by atoms with Crippen molar-refractivity contribution in [2.45, 2.75) is 13.3 Å². The number of anilines is 2. The molecule has 1 aromatic carbocycles. The Kier molecular flexibility index (Phi) is 3.67. The van der Waals surface area contributed by atoms with E-state index in [4.69, 9.17) is 17.3 Å². The molecule has 0 amide bonds. The lowest BCUT2D eigenvalue weighted by molar-refractivity contribution is 1.01. The number of aryl methyl sites for hydroxylation is 1. The second-order valence-corrected chi connectivity index (χ2v) is 4.30. The third-order valence-electron chi connectivity index (χ3n) is 2.71. The number of hydrogen-bond donors (Lipinski definition) is 2. The molecule has 0 aliphatic carbocycles. The van der Waals surface area contributed by atoms with Crippen LogP contribution in [0, 0.1) is 0 Å². The van der Waals surface area contributed by atoms with Gasteiger partial charge in [-0.1, -0.05) is 30.7 Å². The Labute approximate surface area is 111 Å². The van der Waals surface area contributed by atoms with Crippen molar-refractivity contribution in [1.29, 1.82) is 0 Å². The lowest BCUT2D eigenvalue weighted by atomic mass is 10.0. The summed E-state index contributed by atoms with van der Waals surface area (Å²) < 4.78 is 0. The van der Waals surface area contributed by atoms with Crippen molar-refractivity contribution in [2.24, 2.45) is 0 Å². The first kappa shape index (κ1) is 12.6. The van der Waals surface area contributed by atoms with Crippen LogP contribution in [-0.4, -0.2) is 17.0 Å². The van der Waals surface area contributed by atoms with Gasteiger partial charge < -0.3 is 11.1 Å². The summed E-state index contributed by atoms with van der Waals surface area (Å²) in [5.74, 6) is 1.02. The molecule has 2 aromatic rings. The van der Waals surface area contributed by atoms with Crippen LogP contribution in [0.15, 0.2) is 24.3 Å². The largest absolute Gasteiger partial charge is 0.372 e. The van der Waals surface area contributed by atoms with Crippen LogP contribution < -0.4 is 11.1 Å². The zero-order chi connectivity index (χ0) is 13.1. The summed E-state index contributed by atoms with van der Waals surface area (Å²) in [5, 5.41) is 3.77. The van der Waals surface area contributed by atoms with Gasteiger partial charge in [-0.25, -0.2) is 4.98 Å². The number of nitrogens with two attached hydrogens (primary N) is 1. The summed E-state index contributed by atoms with van der Waals surface area (Å²) in [7, 11) is 1.82. The molecule has 94 valence electrons. The van der Waals surface area contributed by atoms with Crippen molar-refractivity contribution in [3.63, 3.8) is 0 Å². The summed E-state index contributed by atoms with van der Waals surface area (Å²) in [6.45, 7) is 2.04. The van der Waals surface area contributed by atoms with Gasteiger partial charge >= 0.3 is 0 Å². The monoisotopic (exact) mass is 262 g/mol. The van der Waals surface area contributed by atoms with Crippen LogP contribution in [0.4, 0.5) is 11.8 Å². The van der Waals surface area contributed by atoms with Crippen LogP contribution in [0.2, 0.25) is 5.02 Å². The zero-order valence-corrected chi connectivity index (χ0v) is 11.1. The summed E-state index contributed by atoms with van der Waals surface area (Å²) in [4.78, 5) is 8.51. The van der Waals surface area contributed by atoms with Crippen molar-refractivity contribution >= 4 is 23.4 Å². The lowest BCUT2D eigenvalue weighted by Crippen LogP contribution is -2.06. The van der Waals surface area contributed by atoms with Gasteiger partial charge in [0.25, 0.3) is 0 Å². The maximum absolute atomic E-state index is 5.90. The van der Waals surface area contributed by atoms with Gasteiger partial charge in [0.15, 0.2) is 0 Å². The number of benzene rings is 1. The van der Waals surface area contributed by atoms with Crippen LogP contribution in [0.5, 0.6) is 0 Å². The molecule has 0 unspecified atom stereocenters. The molecule has 0 radical (unpaired) electrons. The van der Waals surface area contributed by atoms with Crippen molar-refractivity contribution in [3.05, 3.63) is 35.0 Å². The van der Waals surface area contributed by atoms with Crippen molar-refractivity contribution < 1.29 is 0 Å². The van der Waals surface area contributed by atoms with Crippen LogP contribution >= 0.6 is 11.6 Å². The van der Waals surface area contributed by atoms with E-state index in [9.17, 15) is 0 Å². The third kappa shape index (κ3) is 2.38. The molecule has 0 saturated heterocycles. The molecule has 18 heavy (non-hydrogen) atoms. The Morgan fingerprint density at radius 2 is 1.89 bits per heavy atom. The first-order valence-electron chi connectivity index (χ1n) is 5.75. The van der Waals surface area contributed by atoms with Gasteiger partial charge in [0.2, 0.25) is 5.95 Å². The second-order valence-electron chi connectivity index (χ2n) is 3.86. The van der Waals surface area contributed by atoms with Crippen LogP contribution in [0.25, 0.3) is 11.1 Å². The molecule has 2 rings (SSSR count). The summed E-state index contributed by atoms with van der Waals surface area (Å²) in [6.07, 6.45) is 0.791. The Morgan fingerprint density at radius 1 is 1.22 bits per heavy atom. The van der Waals surface area contributed by atoms with E-state index in [2.05, 4.69) is 15.3 Å². The molecule has 0 fully saturated rings. The van der Waals surface area contributed by atoms with Crippen LogP contribution in [0.1, 0.15) is 12.6 Å². The number of nitrogen functional groups attached to an aromatic ring is 1. The maximum Gasteiger partial charge on any atom is 0.222 e. The predicted molar refractivity (Wildman–Crippen MR) is 75.8 cm³/mol. The van der Waals surface area contributed by atoms with E-state index >= 15 is 0 Å². The molecule has 0 spiro atoms. The lowest BCUT2D eigenvalue weighted by Gasteiger charge is -2.13. The molecule has 0 atom stereocenters. The van der Waals surface area contributed by atoms with Gasteiger partial charge in [-0.15, -0.1) is 0 Å². The summed E-state index contributed by atoms with van der Waals surface area (Å²) in [5.41, 5.74) is 8.63. The molecule has 0 aliphatic heterocycles. The zero-order valence-electron chi connectivity index (χ0n) is 10.4. The molecule has 0 bridgehead atoms. The van der Waals surface area contributed by atoms with E-state index in [1.807, 2.05) is 38.2 Å².